The molecule has 0 aromatic rings. The molecule has 4 nitrogen and oxygen atoms in total. The quantitative estimate of drug-likeness (QED) is 0.164. The van der Waals surface area contributed by atoms with E-state index in [1.54, 1.807) is 0 Å². The maximum absolute atomic E-state index is 12.8. The largest absolute Gasteiger partial charge is 0.453 e. The highest BCUT2D eigenvalue weighted by Gasteiger charge is 2.27. The summed E-state index contributed by atoms with van der Waals surface area (Å²) in [5.74, 6) is -0.271. The molecule has 0 fully saturated rings. The second kappa shape index (κ2) is 14.6. The average molecular weight is 495 g/mol. The van der Waals surface area contributed by atoms with Gasteiger partial charge in [-0.05, 0) is 138 Å². The summed E-state index contributed by atoms with van der Waals surface area (Å²) in [4.78, 5) is 25.5. The topological polar surface area (TPSA) is 52.6 Å². The second-order valence-electron chi connectivity index (χ2n) is 11.0. The molecule has 4 aliphatic rings. The van der Waals surface area contributed by atoms with Gasteiger partial charge in [0.1, 0.15) is 12.2 Å². The number of hydrogen-bond donors (Lipinski definition) is 0. The van der Waals surface area contributed by atoms with Gasteiger partial charge in [-0.3, -0.25) is 9.59 Å². The summed E-state index contributed by atoms with van der Waals surface area (Å²) in [5.41, 5.74) is 5.19. The molecular formula is C32H46O4. The first kappa shape index (κ1) is 26.9. The third kappa shape index (κ3) is 8.21. The van der Waals surface area contributed by atoms with Crippen LogP contribution in [0, 0.1) is 0 Å². The van der Waals surface area contributed by atoms with Gasteiger partial charge in [0.15, 0.2) is 0 Å². The van der Waals surface area contributed by atoms with Crippen LogP contribution in [0.1, 0.15) is 128 Å². The third-order valence-corrected chi connectivity index (χ3v) is 8.16. The van der Waals surface area contributed by atoms with Crippen LogP contribution in [0.3, 0.4) is 0 Å². The number of carbonyl (C=O) groups excluding carboxylic acids is 2. The Kier molecular flexibility index (Phi) is 10.9. The first-order chi connectivity index (χ1) is 17.7. The number of esters is 2. The highest BCUT2D eigenvalue weighted by atomic mass is 16.5. The minimum atomic E-state index is -0.156. The molecule has 4 rings (SSSR count). The van der Waals surface area contributed by atoms with E-state index >= 15 is 0 Å². The standard InChI is InChI=1S/C32H46O4/c33-29(35-31(25-15-5-1-6-16-25)26-17-7-2-8-18-26)23-13-14-24-30(34)36-32(27-19-9-3-10-20-27)28-21-11-4-12-22-28/h15,17,19,21,31-32H,1-14,16,18,20,22-24H2. The zero-order chi connectivity index (χ0) is 25.0. The normalized spacial score (nSPS) is 20.8. The lowest BCUT2D eigenvalue weighted by atomic mass is 9.87. The van der Waals surface area contributed by atoms with Gasteiger partial charge in [0.2, 0.25) is 0 Å². The van der Waals surface area contributed by atoms with Crippen LogP contribution in [0.4, 0.5) is 0 Å². The molecule has 0 saturated heterocycles. The molecule has 0 radical (unpaired) electrons. The van der Waals surface area contributed by atoms with Crippen LogP contribution < -0.4 is 0 Å². The van der Waals surface area contributed by atoms with E-state index in [0.717, 1.165) is 51.4 Å². The van der Waals surface area contributed by atoms with E-state index in [1.165, 1.54) is 73.7 Å². The maximum atomic E-state index is 12.8. The summed E-state index contributed by atoms with van der Waals surface area (Å²) in [6.07, 6.45) is 29.1. The predicted octanol–water partition coefficient (Wildman–Crippen LogP) is 8.37. The summed E-state index contributed by atoms with van der Waals surface area (Å²) in [5, 5.41) is 0. The number of rotatable bonds is 11. The summed E-state index contributed by atoms with van der Waals surface area (Å²) in [6, 6.07) is 0. The fourth-order valence-electron chi connectivity index (χ4n) is 6.10. The smallest absolute Gasteiger partial charge is 0.306 e. The van der Waals surface area contributed by atoms with Gasteiger partial charge in [0, 0.05) is 12.8 Å². The van der Waals surface area contributed by atoms with E-state index in [9.17, 15) is 9.59 Å². The van der Waals surface area contributed by atoms with Crippen LogP contribution in [0.25, 0.3) is 0 Å². The summed E-state index contributed by atoms with van der Waals surface area (Å²) in [6.45, 7) is 0. The average Bonchev–Trinajstić information content (AvgIpc) is 2.94. The number of unbranched alkanes of at least 4 members (excludes halogenated alkanes) is 1. The first-order valence-electron chi connectivity index (χ1n) is 14.9. The molecule has 4 heteroatoms. The zero-order valence-corrected chi connectivity index (χ0v) is 22.2. The summed E-state index contributed by atoms with van der Waals surface area (Å²) < 4.78 is 12.1. The van der Waals surface area contributed by atoms with Crippen molar-refractivity contribution < 1.29 is 19.1 Å². The predicted molar refractivity (Wildman–Crippen MR) is 144 cm³/mol. The molecule has 0 aromatic carbocycles. The summed E-state index contributed by atoms with van der Waals surface area (Å²) >= 11 is 0. The van der Waals surface area contributed by atoms with Crippen LogP contribution >= 0.6 is 0 Å². The fraction of sp³-hybridized carbons (Fsp3) is 0.688. The number of carbonyl (C=O) groups is 2. The van der Waals surface area contributed by atoms with Crippen molar-refractivity contribution in [3.05, 3.63) is 46.6 Å². The highest BCUT2D eigenvalue weighted by Crippen LogP contribution is 2.33. The molecule has 0 atom stereocenters. The molecule has 36 heavy (non-hydrogen) atoms. The maximum Gasteiger partial charge on any atom is 0.306 e. The van der Waals surface area contributed by atoms with Gasteiger partial charge in [-0.1, -0.05) is 24.3 Å². The van der Waals surface area contributed by atoms with Gasteiger partial charge in [0.05, 0.1) is 0 Å². The van der Waals surface area contributed by atoms with E-state index in [1.807, 2.05) is 0 Å². The Balaban J connectivity index is 1.24. The molecule has 0 amide bonds. The Morgan fingerprint density at radius 3 is 1.08 bits per heavy atom. The van der Waals surface area contributed by atoms with Crippen molar-refractivity contribution in [1.29, 1.82) is 0 Å². The van der Waals surface area contributed by atoms with Crippen molar-refractivity contribution in [2.24, 2.45) is 0 Å². The Morgan fingerprint density at radius 1 is 0.528 bits per heavy atom. The van der Waals surface area contributed by atoms with Crippen molar-refractivity contribution in [3.8, 4) is 0 Å². The minimum absolute atomic E-state index is 0.135. The third-order valence-electron chi connectivity index (χ3n) is 8.16. The molecule has 4 aliphatic carbocycles. The lowest BCUT2D eigenvalue weighted by Crippen LogP contribution is -2.25. The van der Waals surface area contributed by atoms with Crippen molar-refractivity contribution in [3.63, 3.8) is 0 Å². The Hall–Kier alpha value is -2.10. The van der Waals surface area contributed by atoms with Gasteiger partial charge in [-0.2, -0.15) is 0 Å². The highest BCUT2D eigenvalue weighted by molar-refractivity contribution is 5.71. The zero-order valence-electron chi connectivity index (χ0n) is 22.2. The van der Waals surface area contributed by atoms with Crippen molar-refractivity contribution >= 4 is 11.9 Å². The monoisotopic (exact) mass is 494 g/mol. The lowest BCUT2D eigenvalue weighted by molar-refractivity contribution is -0.148. The van der Waals surface area contributed by atoms with E-state index in [2.05, 4.69) is 24.3 Å². The molecule has 0 bridgehead atoms. The number of allylic oxidation sites excluding steroid dienone is 4. The van der Waals surface area contributed by atoms with E-state index in [-0.39, 0.29) is 24.1 Å². The molecule has 0 saturated carbocycles. The molecule has 0 aliphatic heterocycles. The SMILES string of the molecule is O=C(CCCCC(=O)OC(C1=CCCCC1)C1=CCCCC1)OC(C1=CCCCC1)C1=CCCCC1. The van der Waals surface area contributed by atoms with E-state index in [0.29, 0.717) is 25.7 Å². The number of hydrogen-bond acceptors (Lipinski definition) is 4. The van der Waals surface area contributed by atoms with Gasteiger partial charge < -0.3 is 9.47 Å². The molecule has 0 aromatic heterocycles. The van der Waals surface area contributed by atoms with Gasteiger partial charge in [-0.25, -0.2) is 0 Å². The van der Waals surface area contributed by atoms with Crippen LogP contribution in [-0.4, -0.2) is 24.1 Å². The van der Waals surface area contributed by atoms with Gasteiger partial charge >= 0.3 is 11.9 Å². The summed E-state index contributed by atoms with van der Waals surface area (Å²) in [7, 11) is 0. The van der Waals surface area contributed by atoms with E-state index in [4.69, 9.17) is 9.47 Å². The van der Waals surface area contributed by atoms with Gasteiger partial charge in [0.25, 0.3) is 0 Å². The van der Waals surface area contributed by atoms with Crippen molar-refractivity contribution in [2.75, 3.05) is 0 Å². The van der Waals surface area contributed by atoms with E-state index < -0.39 is 0 Å². The first-order valence-corrected chi connectivity index (χ1v) is 14.9. The van der Waals surface area contributed by atoms with Crippen LogP contribution in [-0.2, 0) is 19.1 Å². The fourth-order valence-corrected chi connectivity index (χ4v) is 6.10. The molecule has 0 unspecified atom stereocenters. The molecule has 0 heterocycles. The molecule has 198 valence electrons. The Bertz CT molecular complexity index is 751. The Labute approximate surface area is 218 Å². The van der Waals surface area contributed by atoms with Crippen molar-refractivity contribution in [1.82, 2.24) is 0 Å². The second-order valence-corrected chi connectivity index (χ2v) is 11.0. The molecule has 0 N–H and O–H groups in total. The van der Waals surface area contributed by atoms with Crippen molar-refractivity contribution in [2.45, 2.75) is 141 Å². The van der Waals surface area contributed by atoms with Gasteiger partial charge in [-0.15, -0.1) is 0 Å². The minimum Gasteiger partial charge on any atom is -0.453 e. The molecular weight excluding hydrogens is 448 g/mol. The lowest BCUT2D eigenvalue weighted by Gasteiger charge is -2.28. The van der Waals surface area contributed by atoms with Crippen LogP contribution in [0.15, 0.2) is 46.6 Å². The number of ether oxygens (including phenoxy) is 2. The molecule has 0 spiro atoms. The van der Waals surface area contributed by atoms with Crippen LogP contribution in [0.2, 0.25) is 0 Å². The Morgan fingerprint density at radius 2 is 0.833 bits per heavy atom. The van der Waals surface area contributed by atoms with Crippen LogP contribution in [0.5, 0.6) is 0 Å².